The maximum absolute atomic E-state index is 7.09. The molecular formula is C29H64Cl2N2OSi. The van der Waals surface area contributed by atoms with E-state index < -0.39 is 8.32 Å². The van der Waals surface area contributed by atoms with Gasteiger partial charge in [-0.2, -0.15) is 0 Å². The quantitative estimate of drug-likeness (QED) is 0.127. The van der Waals surface area contributed by atoms with Crippen molar-refractivity contribution in [2.24, 2.45) is 11.1 Å². The van der Waals surface area contributed by atoms with E-state index in [1.54, 1.807) is 0 Å². The van der Waals surface area contributed by atoms with Gasteiger partial charge in [-0.25, -0.2) is 0 Å². The average Bonchev–Trinajstić information content (AvgIpc) is 2.76. The second-order valence-corrected chi connectivity index (χ2v) is 17.3. The van der Waals surface area contributed by atoms with Crippen molar-refractivity contribution >= 4 is 33.1 Å². The van der Waals surface area contributed by atoms with E-state index in [0.29, 0.717) is 16.6 Å². The van der Waals surface area contributed by atoms with Crippen molar-refractivity contribution in [3.63, 3.8) is 0 Å². The second-order valence-electron chi connectivity index (χ2n) is 12.7. The third-order valence-corrected chi connectivity index (χ3v) is 13.3. The molecule has 0 bridgehead atoms. The van der Waals surface area contributed by atoms with Crippen LogP contribution in [0.25, 0.3) is 0 Å². The van der Waals surface area contributed by atoms with Gasteiger partial charge in [0.25, 0.3) is 0 Å². The van der Waals surface area contributed by atoms with Crippen molar-refractivity contribution in [2.45, 2.75) is 155 Å². The topological polar surface area (TPSA) is 38.5 Å². The number of rotatable bonds is 19. The van der Waals surface area contributed by atoms with E-state index in [0.717, 1.165) is 13.1 Å². The highest BCUT2D eigenvalue weighted by Crippen LogP contribution is 2.43. The number of hydrogen-bond donors (Lipinski definition) is 1. The normalized spacial score (nSPS) is 17.5. The third-order valence-electron chi connectivity index (χ3n) is 8.86. The summed E-state index contributed by atoms with van der Waals surface area (Å²) in [6, 6.07) is 0. The smallest absolute Gasteiger partial charge is 0.192 e. The summed E-state index contributed by atoms with van der Waals surface area (Å²) < 4.78 is 7.09. The van der Waals surface area contributed by atoms with Gasteiger partial charge in [0.2, 0.25) is 0 Å². The Kier molecular flexibility index (Phi) is 21.3. The van der Waals surface area contributed by atoms with Gasteiger partial charge < -0.3 is 15.1 Å². The number of piperidine rings is 1. The number of likely N-dealkylation sites (tertiary alicyclic amines) is 1. The molecule has 0 spiro atoms. The highest BCUT2D eigenvalue weighted by atomic mass is 35.5. The molecule has 1 fully saturated rings. The van der Waals surface area contributed by atoms with Crippen molar-refractivity contribution in [1.29, 1.82) is 0 Å². The largest absolute Gasteiger partial charge is 0.413 e. The fraction of sp³-hybridized carbons (Fsp3) is 1.00. The highest BCUT2D eigenvalue weighted by molar-refractivity contribution is 6.74. The van der Waals surface area contributed by atoms with Crippen molar-refractivity contribution in [3.05, 3.63) is 0 Å². The van der Waals surface area contributed by atoms with Gasteiger partial charge >= 0.3 is 0 Å². The zero-order valence-electron chi connectivity index (χ0n) is 24.8. The van der Waals surface area contributed by atoms with Crippen LogP contribution in [0.1, 0.15) is 131 Å². The fourth-order valence-corrected chi connectivity index (χ4v) is 7.51. The lowest BCUT2D eigenvalue weighted by molar-refractivity contribution is 0.0665. The van der Waals surface area contributed by atoms with E-state index >= 15 is 0 Å². The molecule has 0 amide bonds. The van der Waals surface area contributed by atoms with Gasteiger partial charge in [0.1, 0.15) is 0 Å². The van der Waals surface area contributed by atoms with E-state index in [1.165, 1.54) is 109 Å². The lowest BCUT2D eigenvalue weighted by Crippen LogP contribution is -2.50. The van der Waals surface area contributed by atoms with Gasteiger partial charge in [-0.05, 0) is 68.9 Å². The molecule has 0 aromatic heterocycles. The Morgan fingerprint density at radius 2 is 1.34 bits per heavy atom. The molecular weight excluding hydrogens is 491 g/mol. The molecule has 1 saturated heterocycles. The van der Waals surface area contributed by atoms with E-state index in [4.69, 9.17) is 10.2 Å². The first kappa shape index (κ1) is 37.8. The van der Waals surface area contributed by atoms with Crippen LogP contribution < -0.4 is 5.73 Å². The Bertz CT molecular complexity index is 497. The molecule has 1 rings (SSSR count). The molecule has 1 aliphatic heterocycles. The maximum Gasteiger partial charge on any atom is 0.192 e. The zero-order valence-corrected chi connectivity index (χ0v) is 27.4. The average molecular weight is 556 g/mol. The van der Waals surface area contributed by atoms with Crippen molar-refractivity contribution in [2.75, 3.05) is 26.2 Å². The number of nitrogens with two attached hydrogens (primary N) is 1. The Morgan fingerprint density at radius 1 is 0.857 bits per heavy atom. The molecule has 0 saturated carbocycles. The zero-order chi connectivity index (χ0) is 24.8. The minimum absolute atomic E-state index is 0. The summed E-state index contributed by atoms with van der Waals surface area (Å²) in [5, 5.41) is 0.331. The van der Waals surface area contributed by atoms with Crippen LogP contribution >= 0.6 is 24.8 Å². The summed E-state index contributed by atoms with van der Waals surface area (Å²) in [5.74, 6) is 0. The van der Waals surface area contributed by atoms with Gasteiger partial charge in [0.05, 0.1) is 6.10 Å². The number of hydrogen-bond acceptors (Lipinski definition) is 3. The monoisotopic (exact) mass is 554 g/mol. The second kappa shape index (κ2) is 19.7. The Labute approximate surface area is 234 Å². The van der Waals surface area contributed by atoms with Crippen LogP contribution in [0, 0.1) is 5.41 Å². The molecule has 35 heavy (non-hydrogen) atoms. The van der Waals surface area contributed by atoms with E-state index in [9.17, 15) is 0 Å². The van der Waals surface area contributed by atoms with Crippen LogP contribution in [0.5, 0.6) is 0 Å². The lowest BCUT2D eigenvalue weighted by Gasteiger charge is -2.44. The van der Waals surface area contributed by atoms with Gasteiger partial charge in [-0.1, -0.05) is 105 Å². The summed E-state index contributed by atoms with van der Waals surface area (Å²) in [6.45, 7) is 21.1. The fourth-order valence-electron chi connectivity index (χ4n) is 5.32. The molecule has 0 radical (unpaired) electrons. The predicted molar refractivity (Wildman–Crippen MR) is 165 cm³/mol. The summed E-state index contributed by atoms with van der Waals surface area (Å²) in [5.41, 5.74) is 6.40. The van der Waals surface area contributed by atoms with E-state index in [1.807, 2.05) is 0 Å². The van der Waals surface area contributed by atoms with Gasteiger partial charge in [-0.3, -0.25) is 0 Å². The third kappa shape index (κ3) is 15.0. The minimum atomic E-state index is -1.78. The highest BCUT2D eigenvalue weighted by Gasteiger charge is 2.42. The molecule has 2 N–H and O–H groups in total. The molecule has 1 aliphatic rings. The molecule has 6 heteroatoms. The number of nitrogens with zero attached hydrogens (tertiary/aromatic N) is 1. The van der Waals surface area contributed by atoms with Gasteiger partial charge in [0.15, 0.2) is 8.32 Å². The first-order chi connectivity index (χ1) is 15.6. The minimum Gasteiger partial charge on any atom is -0.413 e. The van der Waals surface area contributed by atoms with Crippen LogP contribution in [0.2, 0.25) is 18.1 Å². The van der Waals surface area contributed by atoms with Crippen LogP contribution in [0.4, 0.5) is 0 Å². The molecule has 1 atom stereocenters. The van der Waals surface area contributed by atoms with Crippen LogP contribution in [-0.4, -0.2) is 45.5 Å². The van der Waals surface area contributed by atoms with Crippen molar-refractivity contribution in [3.8, 4) is 0 Å². The van der Waals surface area contributed by atoms with Gasteiger partial charge in [0, 0.05) is 6.54 Å². The Balaban J connectivity index is 0. The van der Waals surface area contributed by atoms with E-state index in [2.05, 4.69) is 52.6 Å². The molecule has 3 nitrogen and oxygen atoms in total. The van der Waals surface area contributed by atoms with Crippen molar-refractivity contribution < 1.29 is 4.43 Å². The summed E-state index contributed by atoms with van der Waals surface area (Å²) >= 11 is 0. The lowest BCUT2D eigenvalue weighted by atomic mass is 9.80. The van der Waals surface area contributed by atoms with E-state index in [-0.39, 0.29) is 24.8 Å². The molecule has 1 heterocycles. The predicted octanol–water partition coefficient (Wildman–Crippen LogP) is 9.37. The summed E-state index contributed by atoms with van der Waals surface area (Å²) in [6.07, 6.45) is 20.7. The standard InChI is InChI=1S/C29H62N2OSi.2ClH/c1-8-10-11-12-13-14-15-16-17-18-19-27(32-33(6,7)28(3,4)20-9-2)25-31-23-21-29(5,26-30)22-24-31;;/h27H,8-26,30H2,1-7H3;2*1H. The first-order valence-corrected chi connectivity index (χ1v) is 17.6. The van der Waals surface area contributed by atoms with Crippen LogP contribution in [0.15, 0.2) is 0 Å². The SMILES string of the molecule is CCCCCCCCCCCCC(CN1CCC(C)(CN)CC1)O[Si](C)(C)C(C)(C)CCC.Cl.Cl. The van der Waals surface area contributed by atoms with Crippen molar-refractivity contribution in [1.82, 2.24) is 4.90 Å². The molecule has 0 aromatic carbocycles. The molecule has 1 unspecified atom stereocenters. The Morgan fingerprint density at radius 3 is 1.80 bits per heavy atom. The maximum atomic E-state index is 7.09. The van der Waals surface area contributed by atoms with Crippen LogP contribution in [-0.2, 0) is 4.43 Å². The molecule has 0 aromatic rings. The first-order valence-electron chi connectivity index (χ1n) is 14.7. The Hall–Kier alpha value is 0.677. The molecule has 214 valence electrons. The number of unbranched alkanes of at least 4 members (excludes halogenated alkanes) is 9. The molecule has 0 aliphatic carbocycles. The number of halogens is 2. The summed E-state index contributed by atoms with van der Waals surface area (Å²) in [7, 11) is -1.78. The van der Waals surface area contributed by atoms with Crippen LogP contribution in [0.3, 0.4) is 0 Å². The van der Waals surface area contributed by atoms with Gasteiger partial charge in [-0.15, -0.1) is 24.8 Å². The summed E-state index contributed by atoms with van der Waals surface area (Å²) in [4.78, 5) is 2.68.